The molecule has 39 heavy (non-hydrogen) atoms. The summed E-state index contributed by atoms with van der Waals surface area (Å²) in [5, 5.41) is 5.37. The molecule has 0 heterocycles. The van der Waals surface area contributed by atoms with Crippen LogP contribution in [0.25, 0.3) is 0 Å². The van der Waals surface area contributed by atoms with Gasteiger partial charge < -0.3 is 25.0 Å². The van der Waals surface area contributed by atoms with E-state index in [1.165, 1.54) is 12.0 Å². The molecule has 1 aromatic rings. The molecule has 0 spiro atoms. The minimum absolute atomic E-state index is 0.271. The van der Waals surface area contributed by atoms with E-state index in [4.69, 9.17) is 4.74 Å². The molecule has 2 atom stereocenters. The fourth-order valence-corrected chi connectivity index (χ4v) is 4.23. The van der Waals surface area contributed by atoms with Crippen molar-refractivity contribution in [2.24, 2.45) is 5.92 Å². The van der Waals surface area contributed by atoms with Gasteiger partial charge in [-0.2, -0.15) is 0 Å². The molecule has 220 valence electrons. The highest BCUT2D eigenvalue weighted by Gasteiger charge is 2.37. The van der Waals surface area contributed by atoms with E-state index in [1.807, 2.05) is 45.0 Å². The van der Waals surface area contributed by atoms with E-state index >= 15 is 0 Å². The predicted molar refractivity (Wildman–Crippen MR) is 152 cm³/mol. The Morgan fingerprint density at radius 1 is 0.974 bits per heavy atom. The van der Waals surface area contributed by atoms with Gasteiger partial charge in [0, 0.05) is 6.54 Å². The van der Waals surface area contributed by atoms with Crippen molar-refractivity contribution in [1.29, 1.82) is 0 Å². The highest BCUT2D eigenvalue weighted by molar-refractivity contribution is 5.93. The van der Waals surface area contributed by atoms with E-state index in [0.29, 0.717) is 18.5 Å². The summed E-state index contributed by atoms with van der Waals surface area (Å²) in [5.41, 5.74) is 0.751. The third-order valence-electron chi connectivity index (χ3n) is 6.32. The second-order valence-electron chi connectivity index (χ2n) is 11.2. The quantitative estimate of drug-likeness (QED) is 0.234. The molecule has 1 rings (SSSR count). The van der Waals surface area contributed by atoms with Gasteiger partial charge in [0.05, 0.1) is 7.11 Å². The van der Waals surface area contributed by atoms with Gasteiger partial charge in [0.2, 0.25) is 11.8 Å². The summed E-state index contributed by atoms with van der Waals surface area (Å²) >= 11 is 0. The summed E-state index contributed by atoms with van der Waals surface area (Å²) in [6, 6.07) is 5.45. The fourth-order valence-electron chi connectivity index (χ4n) is 4.23. The number of aryl methyl sites for hydroxylation is 1. The minimum Gasteiger partial charge on any atom is -0.468 e. The van der Waals surface area contributed by atoms with Crippen molar-refractivity contribution in [2.75, 3.05) is 20.2 Å². The van der Waals surface area contributed by atoms with Crippen LogP contribution in [0.1, 0.15) is 97.2 Å². The van der Waals surface area contributed by atoms with Crippen LogP contribution in [0.2, 0.25) is 0 Å². The summed E-state index contributed by atoms with van der Waals surface area (Å²) in [6.45, 7) is 13.0. The third kappa shape index (κ3) is 12.1. The van der Waals surface area contributed by atoms with Gasteiger partial charge in [0.1, 0.15) is 24.2 Å². The van der Waals surface area contributed by atoms with Crippen LogP contribution in [-0.2, 0) is 23.9 Å². The number of nitrogens with zero attached hydrogens (tertiary/aromatic N) is 1. The average Bonchev–Trinajstić information content (AvgIpc) is 2.86. The number of carbonyl (C=O) groups is 4. The van der Waals surface area contributed by atoms with Crippen molar-refractivity contribution >= 4 is 23.9 Å². The number of unbranched alkanes of at least 4 members (excludes halogenated alkanes) is 5. The lowest BCUT2D eigenvalue weighted by Gasteiger charge is -2.36. The standard InChI is InChI=1S/C30H49N3O6/c1-9-10-11-12-13-16-19-33(28(36)25(21(2)3)32-29(37)39-30(5,6)7)26(23-18-15-14-17-22(23)4)27(35)31-20-24(34)38-8/h14-15,17-18,21,25-26H,9-13,16,19-20H2,1-8H3,(H,31,35)(H,32,37). The maximum Gasteiger partial charge on any atom is 0.408 e. The van der Waals surface area contributed by atoms with E-state index in [1.54, 1.807) is 20.8 Å². The molecule has 0 radical (unpaired) electrons. The van der Waals surface area contributed by atoms with Crippen LogP contribution >= 0.6 is 0 Å². The van der Waals surface area contributed by atoms with Crippen molar-refractivity contribution < 1.29 is 28.7 Å². The first-order valence-electron chi connectivity index (χ1n) is 14.0. The monoisotopic (exact) mass is 547 g/mol. The Balaban J connectivity index is 3.43. The molecule has 0 saturated carbocycles. The molecule has 0 aliphatic heterocycles. The van der Waals surface area contributed by atoms with E-state index < -0.39 is 35.7 Å². The molecular weight excluding hydrogens is 498 g/mol. The maximum absolute atomic E-state index is 14.2. The largest absolute Gasteiger partial charge is 0.468 e. The third-order valence-corrected chi connectivity index (χ3v) is 6.32. The minimum atomic E-state index is -0.999. The zero-order valence-corrected chi connectivity index (χ0v) is 25.1. The molecule has 3 amide bonds. The van der Waals surface area contributed by atoms with Gasteiger partial charge in [-0.25, -0.2) is 4.79 Å². The van der Waals surface area contributed by atoms with Gasteiger partial charge >= 0.3 is 12.1 Å². The number of alkyl carbamates (subject to hydrolysis) is 1. The Hall–Kier alpha value is -3.10. The van der Waals surface area contributed by atoms with E-state index in [9.17, 15) is 19.2 Å². The molecule has 9 nitrogen and oxygen atoms in total. The Morgan fingerprint density at radius 3 is 2.15 bits per heavy atom. The topological polar surface area (TPSA) is 114 Å². The number of benzene rings is 1. The second kappa shape index (κ2) is 16.8. The number of carbonyl (C=O) groups excluding carboxylic acids is 4. The Labute approximate surface area is 234 Å². The molecule has 0 aliphatic carbocycles. The van der Waals surface area contributed by atoms with Gasteiger partial charge in [-0.1, -0.05) is 77.1 Å². The summed E-state index contributed by atoms with van der Waals surface area (Å²) in [4.78, 5) is 53.8. The number of hydrogen-bond acceptors (Lipinski definition) is 6. The molecule has 0 aromatic heterocycles. The highest BCUT2D eigenvalue weighted by Crippen LogP contribution is 2.27. The average molecular weight is 548 g/mol. The number of ether oxygens (including phenoxy) is 2. The first kappa shape index (κ1) is 33.9. The van der Waals surface area contributed by atoms with Crippen molar-refractivity contribution in [2.45, 2.75) is 105 Å². The normalized spacial score (nSPS) is 12.8. The number of rotatable bonds is 15. The second-order valence-corrected chi connectivity index (χ2v) is 11.2. The van der Waals surface area contributed by atoms with Crippen LogP contribution in [0, 0.1) is 12.8 Å². The van der Waals surface area contributed by atoms with Gasteiger partial charge in [-0.3, -0.25) is 14.4 Å². The lowest BCUT2D eigenvalue weighted by molar-refractivity contribution is -0.145. The summed E-state index contributed by atoms with van der Waals surface area (Å²) in [6.07, 6.45) is 5.33. The molecule has 0 saturated heterocycles. The molecule has 0 aliphatic rings. The van der Waals surface area contributed by atoms with E-state index in [0.717, 1.165) is 37.7 Å². The van der Waals surface area contributed by atoms with Crippen LogP contribution < -0.4 is 10.6 Å². The van der Waals surface area contributed by atoms with Gasteiger partial charge in [-0.15, -0.1) is 0 Å². The highest BCUT2D eigenvalue weighted by atomic mass is 16.6. The molecule has 2 unspecified atom stereocenters. The maximum atomic E-state index is 14.2. The van der Waals surface area contributed by atoms with Crippen molar-refractivity contribution in [1.82, 2.24) is 15.5 Å². The smallest absolute Gasteiger partial charge is 0.408 e. The van der Waals surface area contributed by atoms with E-state index in [-0.39, 0.29) is 18.4 Å². The van der Waals surface area contributed by atoms with Crippen molar-refractivity contribution in [3.63, 3.8) is 0 Å². The van der Waals surface area contributed by atoms with Gasteiger partial charge in [-0.05, 0) is 51.2 Å². The van der Waals surface area contributed by atoms with Crippen LogP contribution in [0.3, 0.4) is 0 Å². The number of amides is 3. The Bertz CT molecular complexity index is 941. The van der Waals surface area contributed by atoms with Crippen molar-refractivity contribution in [3.05, 3.63) is 35.4 Å². The molecule has 2 N–H and O–H groups in total. The molecule has 0 bridgehead atoms. The Morgan fingerprint density at radius 2 is 1.59 bits per heavy atom. The van der Waals surface area contributed by atoms with Crippen LogP contribution in [0.5, 0.6) is 0 Å². The number of hydrogen-bond donors (Lipinski definition) is 2. The number of methoxy groups -OCH3 is 1. The summed E-state index contributed by atoms with van der Waals surface area (Å²) in [7, 11) is 1.25. The zero-order chi connectivity index (χ0) is 29.6. The van der Waals surface area contributed by atoms with Crippen molar-refractivity contribution in [3.8, 4) is 0 Å². The summed E-state index contributed by atoms with van der Waals surface area (Å²) < 4.78 is 10.1. The van der Waals surface area contributed by atoms with Crippen LogP contribution in [0.4, 0.5) is 4.79 Å². The van der Waals surface area contributed by atoms with Crippen LogP contribution in [0.15, 0.2) is 24.3 Å². The predicted octanol–water partition coefficient (Wildman–Crippen LogP) is 5.06. The van der Waals surface area contributed by atoms with Gasteiger partial charge in [0.15, 0.2) is 0 Å². The SMILES string of the molecule is CCCCCCCCN(C(=O)C(NC(=O)OC(C)(C)C)C(C)C)C(C(=O)NCC(=O)OC)c1ccccc1C. The fraction of sp³-hybridized carbons (Fsp3) is 0.667. The lowest BCUT2D eigenvalue weighted by atomic mass is 9.95. The number of nitrogens with one attached hydrogen (secondary N) is 2. The van der Waals surface area contributed by atoms with E-state index in [2.05, 4.69) is 22.3 Å². The lowest BCUT2D eigenvalue weighted by Crippen LogP contribution is -2.55. The first-order chi connectivity index (χ1) is 18.3. The molecule has 1 aromatic carbocycles. The number of esters is 1. The molecule has 9 heteroatoms. The molecular formula is C30H49N3O6. The summed E-state index contributed by atoms with van der Waals surface area (Å²) in [5.74, 6) is -1.74. The van der Waals surface area contributed by atoms with Gasteiger partial charge in [0.25, 0.3) is 0 Å². The van der Waals surface area contributed by atoms with Crippen LogP contribution in [-0.4, -0.2) is 60.6 Å². The first-order valence-corrected chi connectivity index (χ1v) is 14.0. The zero-order valence-electron chi connectivity index (χ0n) is 25.1. The Kier molecular flexibility index (Phi) is 14.6. The molecule has 0 fully saturated rings.